The predicted octanol–water partition coefficient (Wildman–Crippen LogP) is 2.66. The Bertz CT molecular complexity index is 369. The third kappa shape index (κ3) is 2.29. The minimum atomic E-state index is 0.570. The van der Waals surface area contributed by atoms with Crippen LogP contribution in [0.4, 0.5) is 11.8 Å². The molecule has 2 rings (SSSR count). The molecule has 1 atom stereocenters. The van der Waals surface area contributed by atoms with Gasteiger partial charge >= 0.3 is 0 Å². The quantitative estimate of drug-likeness (QED) is 0.927. The van der Waals surface area contributed by atoms with E-state index in [-0.39, 0.29) is 0 Å². The summed E-state index contributed by atoms with van der Waals surface area (Å²) >= 11 is 3.52. The van der Waals surface area contributed by atoms with Gasteiger partial charge in [-0.25, -0.2) is 4.98 Å². The van der Waals surface area contributed by atoms with Crippen molar-refractivity contribution in [3.05, 3.63) is 10.7 Å². The Balaban J connectivity index is 2.27. The smallest absolute Gasteiger partial charge is 0.224 e. The van der Waals surface area contributed by atoms with E-state index in [1.54, 1.807) is 0 Å². The molecule has 1 fully saturated rings. The van der Waals surface area contributed by atoms with Crippen LogP contribution in [0.1, 0.15) is 26.7 Å². The zero-order valence-electron chi connectivity index (χ0n) is 9.70. The van der Waals surface area contributed by atoms with Crippen LogP contribution in [0.2, 0.25) is 0 Å². The molecular weight excluding hydrogens is 268 g/mol. The molecule has 0 aromatic carbocycles. The van der Waals surface area contributed by atoms with Crippen LogP contribution in [0.15, 0.2) is 10.7 Å². The summed E-state index contributed by atoms with van der Waals surface area (Å²) in [6, 6.07) is 0.570. The molecule has 0 amide bonds. The van der Waals surface area contributed by atoms with Crippen LogP contribution >= 0.6 is 15.9 Å². The Kier molecular flexibility index (Phi) is 3.63. The first kappa shape index (κ1) is 11.6. The van der Waals surface area contributed by atoms with E-state index in [1.165, 1.54) is 12.8 Å². The largest absolute Gasteiger partial charge is 0.354 e. The number of nitrogens with one attached hydrogen (secondary N) is 1. The van der Waals surface area contributed by atoms with Crippen molar-refractivity contribution in [2.45, 2.75) is 32.7 Å². The van der Waals surface area contributed by atoms with Crippen LogP contribution in [0.5, 0.6) is 0 Å². The number of halogens is 1. The maximum atomic E-state index is 4.55. The first-order valence-corrected chi connectivity index (χ1v) is 6.54. The molecule has 1 aliphatic rings. The van der Waals surface area contributed by atoms with Gasteiger partial charge in [0.1, 0.15) is 5.82 Å². The topological polar surface area (TPSA) is 41.1 Å². The molecule has 0 saturated carbocycles. The van der Waals surface area contributed by atoms with Crippen LogP contribution in [0, 0.1) is 0 Å². The number of anilines is 2. The minimum absolute atomic E-state index is 0.570. The highest BCUT2D eigenvalue weighted by Gasteiger charge is 2.23. The molecule has 5 heteroatoms. The fourth-order valence-corrected chi connectivity index (χ4v) is 2.47. The fraction of sp³-hybridized carbons (Fsp3) is 0.636. The molecular formula is C11H17BrN4. The van der Waals surface area contributed by atoms with Crippen molar-refractivity contribution in [1.82, 2.24) is 9.97 Å². The van der Waals surface area contributed by atoms with Gasteiger partial charge in [0, 0.05) is 25.3 Å². The number of hydrogen-bond donors (Lipinski definition) is 1. The summed E-state index contributed by atoms with van der Waals surface area (Å²) in [4.78, 5) is 11.1. The van der Waals surface area contributed by atoms with Crippen molar-refractivity contribution in [1.29, 1.82) is 0 Å². The molecule has 1 saturated heterocycles. The van der Waals surface area contributed by atoms with Crippen LogP contribution in [-0.4, -0.2) is 29.1 Å². The first-order valence-electron chi connectivity index (χ1n) is 5.75. The van der Waals surface area contributed by atoms with Gasteiger partial charge in [0.2, 0.25) is 5.95 Å². The van der Waals surface area contributed by atoms with Crippen molar-refractivity contribution in [3.63, 3.8) is 0 Å². The molecule has 1 unspecified atom stereocenters. The molecule has 1 N–H and O–H groups in total. The van der Waals surface area contributed by atoms with Gasteiger partial charge in [0.05, 0.1) is 4.47 Å². The molecule has 0 bridgehead atoms. The molecule has 1 aliphatic heterocycles. The van der Waals surface area contributed by atoms with Crippen molar-refractivity contribution >= 4 is 27.7 Å². The third-order valence-electron chi connectivity index (χ3n) is 2.89. The van der Waals surface area contributed by atoms with Gasteiger partial charge in [0.25, 0.3) is 0 Å². The molecule has 0 radical (unpaired) electrons. The summed E-state index contributed by atoms with van der Waals surface area (Å²) in [7, 11) is 0. The average Bonchev–Trinajstić information content (AvgIpc) is 2.68. The lowest BCUT2D eigenvalue weighted by molar-refractivity contribution is 0.725. The monoisotopic (exact) mass is 284 g/mol. The number of rotatable bonds is 3. The van der Waals surface area contributed by atoms with Crippen LogP contribution < -0.4 is 10.2 Å². The second-order valence-electron chi connectivity index (χ2n) is 4.08. The molecule has 88 valence electrons. The molecule has 16 heavy (non-hydrogen) atoms. The number of nitrogens with zero attached hydrogens (tertiary/aromatic N) is 3. The van der Waals surface area contributed by atoms with E-state index in [4.69, 9.17) is 0 Å². The van der Waals surface area contributed by atoms with E-state index in [9.17, 15) is 0 Å². The average molecular weight is 285 g/mol. The van der Waals surface area contributed by atoms with Gasteiger partial charge in [-0.15, -0.1) is 0 Å². The molecule has 1 aromatic heterocycles. The second kappa shape index (κ2) is 4.99. The maximum Gasteiger partial charge on any atom is 0.224 e. The van der Waals surface area contributed by atoms with Crippen molar-refractivity contribution in [2.75, 3.05) is 23.3 Å². The number of aromatic nitrogens is 2. The third-order valence-corrected chi connectivity index (χ3v) is 3.44. The Morgan fingerprint density at radius 3 is 3.06 bits per heavy atom. The van der Waals surface area contributed by atoms with Crippen LogP contribution in [-0.2, 0) is 0 Å². The lowest BCUT2D eigenvalue weighted by Crippen LogP contribution is -2.28. The lowest BCUT2D eigenvalue weighted by atomic mass is 10.2. The SMILES string of the molecule is CCNc1ncc(Br)c(N2CCCC2C)n1. The van der Waals surface area contributed by atoms with Gasteiger partial charge in [-0.1, -0.05) is 0 Å². The fourth-order valence-electron chi connectivity index (χ4n) is 2.05. The van der Waals surface area contributed by atoms with E-state index in [0.29, 0.717) is 12.0 Å². The van der Waals surface area contributed by atoms with E-state index < -0.39 is 0 Å². The summed E-state index contributed by atoms with van der Waals surface area (Å²) in [6.07, 6.45) is 4.31. The van der Waals surface area contributed by atoms with Gasteiger partial charge in [-0.3, -0.25) is 0 Å². The van der Waals surface area contributed by atoms with E-state index >= 15 is 0 Å². The first-order chi connectivity index (χ1) is 7.72. The van der Waals surface area contributed by atoms with E-state index in [1.807, 2.05) is 13.1 Å². The molecule has 0 aliphatic carbocycles. The summed E-state index contributed by atoms with van der Waals surface area (Å²) in [6.45, 7) is 6.22. The Labute approximate surface area is 105 Å². The Hall–Kier alpha value is -0.840. The second-order valence-corrected chi connectivity index (χ2v) is 4.93. The van der Waals surface area contributed by atoms with E-state index in [0.717, 1.165) is 23.4 Å². The highest BCUT2D eigenvalue weighted by atomic mass is 79.9. The Morgan fingerprint density at radius 2 is 2.44 bits per heavy atom. The van der Waals surface area contributed by atoms with Crippen LogP contribution in [0.25, 0.3) is 0 Å². The predicted molar refractivity (Wildman–Crippen MR) is 69.9 cm³/mol. The zero-order chi connectivity index (χ0) is 11.5. The lowest BCUT2D eigenvalue weighted by Gasteiger charge is -2.23. The van der Waals surface area contributed by atoms with E-state index in [2.05, 4.69) is 43.0 Å². The van der Waals surface area contributed by atoms with Crippen molar-refractivity contribution in [2.24, 2.45) is 0 Å². The summed E-state index contributed by atoms with van der Waals surface area (Å²) in [5, 5.41) is 3.14. The zero-order valence-corrected chi connectivity index (χ0v) is 11.3. The van der Waals surface area contributed by atoms with Crippen molar-refractivity contribution in [3.8, 4) is 0 Å². The highest BCUT2D eigenvalue weighted by Crippen LogP contribution is 2.30. The highest BCUT2D eigenvalue weighted by molar-refractivity contribution is 9.10. The molecule has 1 aromatic rings. The summed E-state index contributed by atoms with van der Waals surface area (Å²) in [5.74, 6) is 1.72. The maximum absolute atomic E-state index is 4.55. The van der Waals surface area contributed by atoms with Crippen molar-refractivity contribution < 1.29 is 0 Å². The number of hydrogen-bond acceptors (Lipinski definition) is 4. The van der Waals surface area contributed by atoms with Crippen LogP contribution in [0.3, 0.4) is 0 Å². The van der Waals surface area contributed by atoms with Gasteiger partial charge in [-0.2, -0.15) is 4.98 Å². The summed E-state index contributed by atoms with van der Waals surface area (Å²) < 4.78 is 0.975. The Morgan fingerprint density at radius 1 is 1.62 bits per heavy atom. The molecule has 0 spiro atoms. The minimum Gasteiger partial charge on any atom is -0.354 e. The normalized spacial score (nSPS) is 20.2. The molecule has 4 nitrogen and oxygen atoms in total. The van der Waals surface area contributed by atoms with Gasteiger partial charge < -0.3 is 10.2 Å². The summed E-state index contributed by atoms with van der Waals surface area (Å²) in [5.41, 5.74) is 0. The standard InChI is InChI=1S/C11H17BrN4/c1-3-13-11-14-7-9(12)10(15-11)16-6-4-5-8(16)2/h7-8H,3-6H2,1-2H3,(H,13,14,15). The molecule has 2 heterocycles. The van der Waals surface area contributed by atoms with Gasteiger partial charge in [-0.05, 0) is 42.6 Å². The van der Waals surface area contributed by atoms with Gasteiger partial charge in [0.15, 0.2) is 0 Å².